The van der Waals surface area contributed by atoms with E-state index in [0.717, 1.165) is 21.9 Å². The highest BCUT2D eigenvalue weighted by atomic mass is 19.4. The largest absolute Gasteiger partial charge is 0.448 e. The van der Waals surface area contributed by atoms with Gasteiger partial charge < -0.3 is 31.2 Å². The zero-order chi connectivity index (χ0) is 33.4. The number of alkyl halides is 3. The van der Waals surface area contributed by atoms with Crippen molar-refractivity contribution in [1.29, 1.82) is 0 Å². The molecule has 4 aromatic rings. The van der Waals surface area contributed by atoms with Crippen molar-refractivity contribution >= 4 is 28.5 Å². The van der Waals surface area contributed by atoms with Crippen LogP contribution in [0.2, 0.25) is 0 Å². The molecule has 5 rings (SSSR count). The Hall–Kier alpha value is -4.52. The van der Waals surface area contributed by atoms with Gasteiger partial charge in [0, 0.05) is 23.7 Å². The molecule has 1 fully saturated rings. The Bertz CT molecular complexity index is 1660. The molecule has 0 saturated carbocycles. The number of amides is 2. The quantitative estimate of drug-likeness (QED) is 0.156. The highest BCUT2D eigenvalue weighted by Crippen LogP contribution is 2.31. The van der Waals surface area contributed by atoms with E-state index < -0.39 is 48.5 Å². The second-order valence-corrected chi connectivity index (χ2v) is 11.4. The Balaban J connectivity index is 1.20. The summed E-state index contributed by atoms with van der Waals surface area (Å²) in [7, 11) is 0. The summed E-state index contributed by atoms with van der Waals surface area (Å²) >= 11 is 0. The van der Waals surface area contributed by atoms with Gasteiger partial charge in [0.05, 0.1) is 24.8 Å². The molecular formula is C35H36F4N4O4. The van der Waals surface area contributed by atoms with Crippen molar-refractivity contribution in [3.05, 3.63) is 114 Å². The molecule has 2 amide bonds. The standard InChI is InChI=1S/C35H36F4N4O4/c36-29-11-6-12-30(28(29)16-15-27-18-41-26(19-46-27)20-47-34(45)42-21-35(37,38)39)43-33(44)32(40)31(23-8-2-1-3-9-23)25-14-13-22-7-4-5-10-24(22)17-25/h1-14,17,26-27,31-32,41H,15-16,18-21,40H2,(H,42,45)(H,43,44)/t26-,27+,31?,32-/m0/s1. The number of carbonyl (C=O) groups excluding carboxylic acids is 2. The molecule has 5 N–H and O–H groups in total. The first-order valence-corrected chi connectivity index (χ1v) is 15.3. The second-order valence-electron chi connectivity index (χ2n) is 11.4. The van der Waals surface area contributed by atoms with E-state index >= 15 is 4.39 Å². The molecule has 12 heteroatoms. The van der Waals surface area contributed by atoms with Crippen LogP contribution in [0.25, 0.3) is 10.8 Å². The van der Waals surface area contributed by atoms with Gasteiger partial charge >= 0.3 is 12.3 Å². The Labute approximate surface area is 269 Å². The first kappa shape index (κ1) is 33.8. The van der Waals surface area contributed by atoms with Crippen LogP contribution in [0, 0.1) is 5.82 Å². The van der Waals surface area contributed by atoms with E-state index in [1.165, 1.54) is 12.1 Å². The summed E-state index contributed by atoms with van der Waals surface area (Å²) in [5, 5.41) is 9.73. The third kappa shape index (κ3) is 9.28. The van der Waals surface area contributed by atoms with Crippen LogP contribution < -0.4 is 21.7 Å². The monoisotopic (exact) mass is 652 g/mol. The maximum atomic E-state index is 15.1. The number of carbonyl (C=O) groups is 2. The van der Waals surface area contributed by atoms with Crippen molar-refractivity contribution in [3.8, 4) is 0 Å². The molecule has 1 heterocycles. The minimum atomic E-state index is -4.53. The van der Waals surface area contributed by atoms with Gasteiger partial charge in [0.1, 0.15) is 19.0 Å². The molecule has 8 nitrogen and oxygen atoms in total. The summed E-state index contributed by atoms with van der Waals surface area (Å²) in [6.07, 6.45) is -5.36. The maximum Gasteiger partial charge on any atom is 0.407 e. The molecule has 0 radical (unpaired) electrons. The Morgan fingerprint density at radius 1 is 0.957 bits per heavy atom. The van der Waals surface area contributed by atoms with Gasteiger partial charge in [0.25, 0.3) is 0 Å². The van der Waals surface area contributed by atoms with Crippen LogP contribution in [-0.2, 0) is 20.7 Å². The van der Waals surface area contributed by atoms with Crippen LogP contribution in [0.15, 0.2) is 91.0 Å². The van der Waals surface area contributed by atoms with Crippen LogP contribution in [0.4, 0.5) is 28.0 Å². The SMILES string of the molecule is N[C@H](C(=O)Nc1cccc(F)c1CC[C@@H]1CN[C@H](COC(=O)NCC(F)(F)F)CO1)C(c1ccccc1)c1ccc2ccccc2c1. The van der Waals surface area contributed by atoms with Crippen molar-refractivity contribution in [3.63, 3.8) is 0 Å². The molecule has 1 aliphatic heterocycles. The molecule has 1 unspecified atom stereocenters. The summed E-state index contributed by atoms with van der Waals surface area (Å²) in [5.41, 5.74) is 9.05. The number of rotatable bonds is 11. The van der Waals surface area contributed by atoms with Gasteiger partial charge in [0.2, 0.25) is 5.91 Å². The normalized spacial score (nSPS) is 17.9. The van der Waals surface area contributed by atoms with Crippen molar-refractivity contribution in [2.24, 2.45) is 5.73 Å². The zero-order valence-electron chi connectivity index (χ0n) is 25.4. The van der Waals surface area contributed by atoms with Crippen LogP contribution in [0.1, 0.15) is 29.0 Å². The highest BCUT2D eigenvalue weighted by Gasteiger charge is 2.30. The van der Waals surface area contributed by atoms with Crippen molar-refractivity contribution in [2.45, 2.75) is 43.1 Å². The summed E-state index contributed by atoms with van der Waals surface area (Å²) in [4.78, 5) is 25.2. The van der Waals surface area contributed by atoms with Gasteiger partial charge in [-0.1, -0.05) is 78.9 Å². The van der Waals surface area contributed by atoms with Crippen molar-refractivity contribution < 1.29 is 36.6 Å². The van der Waals surface area contributed by atoms with Crippen molar-refractivity contribution in [2.75, 3.05) is 31.6 Å². The van der Waals surface area contributed by atoms with E-state index in [-0.39, 0.29) is 25.7 Å². The number of alkyl carbamates (subject to hydrolysis) is 1. The number of morpholine rings is 1. The minimum absolute atomic E-state index is 0.141. The molecule has 47 heavy (non-hydrogen) atoms. The van der Waals surface area contributed by atoms with Gasteiger partial charge in [-0.15, -0.1) is 0 Å². The van der Waals surface area contributed by atoms with Gasteiger partial charge in [-0.05, 0) is 46.9 Å². The van der Waals surface area contributed by atoms with E-state index in [9.17, 15) is 22.8 Å². The fraction of sp³-hybridized carbons (Fsp3) is 0.314. The smallest absolute Gasteiger partial charge is 0.407 e. The Morgan fingerprint density at radius 3 is 2.43 bits per heavy atom. The lowest BCUT2D eigenvalue weighted by molar-refractivity contribution is -0.124. The summed E-state index contributed by atoms with van der Waals surface area (Å²) in [5.74, 6) is -1.41. The lowest BCUT2D eigenvalue weighted by Gasteiger charge is -2.30. The van der Waals surface area contributed by atoms with Crippen LogP contribution in [0.3, 0.4) is 0 Å². The first-order valence-electron chi connectivity index (χ1n) is 15.3. The number of nitrogens with two attached hydrogens (primary N) is 1. The van der Waals surface area contributed by atoms with Gasteiger partial charge in [-0.2, -0.15) is 13.2 Å². The Kier molecular flexibility index (Phi) is 11.1. The summed E-state index contributed by atoms with van der Waals surface area (Å²) in [6, 6.07) is 26.6. The molecule has 0 spiro atoms. The molecule has 4 aromatic carbocycles. The van der Waals surface area contributed by atoms with E-state index in [1.807, 2.05) is 72.8 Å². The number of anilines is 1. The topological polar surface area (TPSA) is 115 Å². The number of halogens is 4. The minimum Gasteiger partial charge on any atom is -0.448 e. The van der Waals surface area contributed by atoms with E-state index in [2.05, 4.69) is 10.6 Å². The summed E-state index contributed by atoms with van der Waals surface area (Å²) in [6.45, 7) is -1.17. The van der Waals surface area contributed by atoms with E-state index in [0.29, 0.717) is 24.2 Å². The molecule has 248 valence electrons. The first-order chi connectivity index (χ1) is 22.6. The zero-order valence-corrected chi connectivity index (χ0v) is 25.4. The third-order valence-corrected chi connectivity index (χ3v) is 8.06. The lowest BCUT2D eigenvalue weighted by Crippen LogP contribution is -2.49. The fourth-order valence-corrected chi connectivity index (χ4v) is 5.63. The Morgan fingerprint density at radius 2 is 1.70 bits per heavy atom. The van der Waals surface area contributed by atoms with Gasteiger partial charge in [-0.25, -0.2) is 9.18 Å². The molecule has 0 aliphatic carbocycles. The molecule has 1 saturated heterocycles. The second kappa shape index (κ2) is 15.4. The predicted molar refractivity (Wildman–Crippen MR) is 170 cm³/mol. The fourth-order valence-electron chi connectivity index (χ4n) is 5.63. The lowest BCUT2D eigenvalue weighted by atomic mass is 9.84. The maximum absolute atomic E-state index is 15.1. The van der Waals surface area contributed by atoms with E-state index in [1.54, 1.807) is 11.4 Å². The number of hydrogen-bond acceptors (Lipinski definition) is 6. The molecule has 4 atom stereocenters. The molecular weight excluding hydrogens is 616 g/mol. The van der Waals surface area contributed by atoms with Crippen LogP contribution >= 0.6 is 0 Å². The molecule has 0 aromatic heterocycles. The number of ether oxygens (including phenoxy) is 2. The average molecular weight is 653 g/mol. The molecule has 0 bridgehead atoms. The predicted octanol–water partition coefficient (Wildman–Crippen LogP) is 5.65. The van der Waals surface area contributed by atoms with Gasteiger partial charge in [-0.3, -0.25) is 4.79 Å². The van der Waals surface area contributed by atoms with Crippen LogP contribution in [0.5, 0.6) is 0 Å². The average Bonchev–Trinajstić information content (AvgIpc) is 3.07. The number of hydrogen-bond donors (Lipinski definition) is 4. The third-order valence-electron chi connectivity index (χ3n) is 8.06. The van der Waals surface area contributed by atoms with Crippen LogP contribution in [-0.4, -0.2) is 62.7 Å². The number of nitrogens with one attached hydrogen (secondary N) is 3. The van der Waals surface area contributed by atoms with Crippen molar-refractivity contribution in [1.82, 2.24) is 10.6 Å². The van der Waals surface area contributed by atoms with Gasteiger partial charge in [0.15, 0.2) is 0 Å². The molecule has 1 aliphatic rings. The van der Waals surface area contributed by atoms with E-state index in [4.69, 9.17) is 15.2 Å². The summed E-state index contributed by atoms with van der Waals surface area (Å²) < 4.78 is 62.5. The number of benzene rings is 4. The highest BCUT2D eigenvalue weighted by molar-refractivity contribution is 5.96. The number of fused-ring (bicyclic) bond motifs is 1.